The number of rotatable bonds is 7. The van der Waals surface area contributed by atoms with E-state index in [1.54, 1.807) is 42.3 Å². The number of benzene rings is 3. The number of nitrogens with one attached hydrogen (secondary N) is 2. The summed E-state index contributed by atoms with van der Waals surface area (Å²) in [7, 11) is 1.60. The molecule has 0 aromatic heterocycles. The maximum Gasteiger partial charge on any atom is 0.335 e. The highest BCUT2D eigenvalue weighted by molar-refractivity contribution is 5.97. The first-order valence-electron chi connectivity index (χ1n) is 10.8. The van der Waals surface area contributed by atoms with E-state index in [1.165, 1.54) is 12.1 Å². The Kier molecular flexibility index (Phi) is 6.49. The first-order chi connectivity index (χ1) is 16.4. The van der Waals surface area contributed by atoms with Gasteiger partial charge in [0.25, 0.3) is 5.91 Å². The number of carboxylic acid groups (broad SMARTS) is 1. The molecular formula is C26H25N3O5. The van der Waals surface area contributed by atoms with Gasteiger partial charge in [-0.3, -0.25) is 4.79 Å². The third-order valence-electron chi connectivity index (χ3n) is 5.93. The van der Waals surface area contributed by atoms with Crippen molar-refractivity contribution in [2.45, 2.75) is 26.1 Å². The van der Waals surface area contributed by atoms with Crippen LogP contribution < -0.4 is 15.4 Å². The van der Waals surface area contributed by atoms with Crippen LogP contribution in [-0.4, -0.2) is 35.0 Å². The number of hydrogen-bond acceptors (Lipinski definition) is 4. The van der Waals surface area contributed by atoms with Crippen molar-refractivity contribution in [1.82, 2.24) is 10.2 Å². The van der Waals surface area contributed by atoms with Gasteiger partial charge in [0.1, 0.15) is 5.75 Å². The summed E-state index contributed by atoms with van der Waals surface area (Å²) in [4.78, 5) is 38.2. The van der Waals surface area contributed by atoms with Gasteiger partial charge in [0, 0.05) is 17.8 Å². The van der Waals surface area contributed by atoms with Crippen molar-refractivity contribution in [3.63, 3.8) is 0 Å². The van der Waals surface area contributed by atoms with E-state index in [4.69, 9.17) is 9.84 Å². The molecule has 0 saturated heterocycles. The van der Waals surface area contributed by atoms with Crippen LogP contribution in [0, 0.1) is 0 Å². The molecule has 0 bridgehead atoms. The molecule has 0 saturated carbocycles. The maximum absolute atomic E-state index is 12.7. The lowest BCUT2D eigenvalue weighted by molar-refractivity contribution is 0.0696. The summed E-state index contributed by atoms with van der Waals surface area (Å²) in [6.07, 6.45) is 0. The number of urea groups is 1. The Bertz CT molecular complexity index is 1220. The third-order valence-corrected chi connectivity index (χ3v) is 5.93. The second kappa shape index (κ2) is 9.66. The zero-order valence-corrected chi connectivity index (χ0v) is 18.9. The highest BCUT2D eigenvalue weighted by Gasteiger charge is 2.28. The number of carbonyl (C=O) groups is 3. The number of carboxylic acids is 1. The van der Waals surface area contributed by atoms with E-state index in [0.717, 1.165) is 22.4 Å². The molecule has 1 unspecified atom stereocenters. The second-order valence-electron chi connectivity index (χ2n) is 8.06. The average Bonchev–Trinajstić information content (AvgIpc) is 2.86. The Morgan fingerprint density at radius 1 is 1.06 bits per heavy atom. The van der Waals surface area contributed by atoms with E-state index < -0.39 is 5.97 Å². The smallest absolute Gasteiger partial charge is 0.335 e. The lowest BCUT2D eigenvalue weighted by atomic mass is 10.0. The third kappa shape index (κ3) is 4.85. The normalized spacial score (nSPS) is 13.5. The molecule has 1 aliphatic heterocycles. The van der Waals surface area contributed by atoms with Gasteiger partial charge < -0.3 is 25.4 Å². The molecule has 34 heavy (non-hydrogen) atoms. The van der Waals surface area contributed by atoms with E-state index in [1.807, 2.05) is 31.2 Å². The van der Waals surface area contributed by atoms with Crippen molar-refractivity contribution in [3.05, 3.63) is 94.5 Å². The summed E-state index contributed by atoms with van der Waals surface area (Å²) in [5.41, 5.74) is 3.95. The number of hydrogen-bond donors (Lipinski definition) is 3. The second-order valence-corrected chi connectivity index (χ2v) is 8.06. The Hall–Kier alpha value is -4.33. The lowest BCUT2D eigenvalue weighted by Crippen LogP contribution is -2.40. The molecule has 1 aliphatic rings. The van der Waals surface area contributed by atoms with E-state index in [-0.39, 0.29) is 23.5 Å². The molecule has 0 radical (unpaired) electrons. The van der Waals surface area contributed by atoms with Crippen molar-refractivity contribution >= 4 is 23.6 Å². The highest BCUT2D eigenvalue weighted by atomic mass is 16.5. The Balaban J connectivity index is 1.46. The van der Waals surface area contributed by atoms with Gasteiger partial charge in [-0.1, -0.05) is 24.3 Å². The molecule has 8 nitrogen and oxygen atoms in total. The number of ether oxygens (including phenoxy) is 1. The van der Waals surface area contributed by atoms with E-state index in [0.29, 0.717) is 24.3 Å². The fourth-order valence-corrected chi connectivity index (χ4v) is 3.85. The van der Waals surface area contributed by atoms with Crippen LogP contribution in [0.3, 0.4) is 0 Å². The minimum absolute atomic E-state index is 0.190. The van der Waals surface area contributed by atoms with Crippen LogP contribution in [0.1, 0.15) is 50.4 Å². The summed E-state index contributed by atoms with van der Waals surface area (Å²) in [5, 5.41) is 14.9. The topological polar surface area (TPSA) is 108 Å². The summed E-state index contributed by atoms with van der Waals surface area (Å²) in [5.74, 6) is -0.454. The molecule has 1 atom stereocenters. The predicted octanol–water partition coefficient (Wildman–Crippen LogP) is 4.43. The zero-order valence-electron chi connectivity index (χ0n) is 18.9. The lowest BCUT2D eigenvalue weighted by Gasteiger charge is -2.34. The van der Waals surface area contributed by atoms with E-state index >= 15 is 0 Å². The van der Waals surface area contributed by atoms with Crippen molar-refractivity contribution in [1.29, 1.82) is 0 Å². The molecule has 0 aliphatic carbocycles. The molecule has 3 amide bonds. The van der Waals surface area contributed by atoms with Gasteiger partial charge >= 0.3 is 12.0 Å². The van der Waals surface area contributed by atoms with Gasteiger partial charge in [-0.25, -0.2) is 9.59 Å². The van der Waals surface area contributed by atoms with Crippen LogP contribution in [-0.2, 0) is 13.1 Å². The Morgan fingerprint density at radius 2 is 1.74 bits per heavy atom. The van der Waals surface area contributed by atoms with E-state index in [9.17, 15) is 14.4 Å². The largest absolute Gasteiger partial charge is 0.497 e. The van der Waals surface area contributed by atoms with Crippen LogP contribution in [0.25, 0.3) is 0 Å². The average molecular weight is 460 g/mol. The summed E-state index contributed by atoms with van der Waals surface area (Å²) in [6.45, 7) is 2.58. The quantitative estimate of drug-likeness (QED) is 0.484. The molecular weight excluding hydrogens is 434 g/mol. The monoisotopic (exact) mass is 459 g/mol. The minimum atomic E-state index is -0.998. The van der Waals surface area contributed by atoms with Crippen LogP contribution in [0.5, 0.6) is 5.75 Å². The van der Waals surface area contributed by atoms with Gasteiger partial charge in [-0.2, -0.15) is 0 Å². The van der Waals surface area contributed by atoms with Crippen LogP contribution in [0.4, 0.5) is 10.5 Å². The van der Waals surface area contributed by atoms with Crippen LogP contribution in [0.2, 0.25) is 0 Å². The number of carbonyl (C=O) groups excluding carboxylic acids is 2. The Morgan fingerprint density at radius 3 is 2.38 bits per heavy atom. The van der Waals surface area contributed by atoms with Gasteiger partial charge in [0.2, 0.25) is 0 Å². The van der Waals surface area contributed by atoms with Gasteiger partial charge in [0.05, 0.1) is 25.3 Å². The minimum Gasteiger partial charge on any atom is -0.497 e. The van der Waals surface area contributed by atoms with Gasteiger partial charge in [0.15, 0.2) is 0 Å². The van der Waals surface area contributed by atoms with Crippen molar-refractivity contribution < 1.29 is 24.2 Å². The number of nitrogens with zero attached hydrogens (tertiary/aromatic N) is 1. The van der Waals surface area contributed by atoms with Crippen molar-refractivity contribution in [3.8, 4) is 5.75 Å². The number of aromatic carboxylic acids is 1. The van der Waals surface area contributed by atoms with Crippen molar-refractivity contribution in [2.24, 2.45) is 0 Å². The number of amides is 3. The molecule has 3 aromatic rings. The number of methoxy groups -OCH3 is 1. The van der Waals surface area contributed by atoms with Crippen LogP contribution in [0.15, 0.2) is 66.7 Å². The molecule has 3 N–H and O–H groups in total. The molecule has 174 valence electrons. The van der Waals surface area contributed by atoms with Gasteiger partial charge in [-0.15, -0.1) is 0 Å². The summed E-state index contributed by atoms with van der Waals surface area (Å²) >= 11 is 0. The fraction of sp³-hybridized carbons (Fsp3) is 0.192. The summed E-state index contributed by atoms with van der Waals surface area (Å²) in [6, 6.07) is 18.6. The molecule has 0 fully saturated rings. The van der Waals surface area contributed by atoms with Crippen molar-refractivity contribution in [2.75, 3.05) is 12.4 Å². The standard InChI is InChI=1S/C26H25N3O5/c1-16(18-5-7-19(8-6-18)25(31)32)29-15-21-13-20(9-12-23(21)28-26(29)33)24(30)27-14-17-3-10-22(34-2)11-4-17/h3-13,16H,14-15H2,1-2H3,(H,27,30)(H,28,33)(H,31,32). The fourth-order valence-electron chi connectivity index (χ4n) is 3.85. The maximum atomic E-state index is 12.7. The van der Waals surface area contributed by atoms with Gasteiger partial charge in [-0.05, 0) is 66.1 Å². The number of fused-ring (bicyclic) bond motifs is 1. The van der Waals surface area contributed by atoms with Crippen LogP contribution >= 0.6 is 0 Å². The number of anilines is 1. The zero-order chi connectivity index (χ0) is 24.2. The molecule has 0 spiro atoms. The molecule has 4 rings (SSSR count). The SMILES string of the molecule is COc1ccc(CNC(=O)c2ccc3c(c2)CN(C(C)c2ccc(C(=O)O)cc2)C(=O)N3)cc1. The molecule has 8 heteroatoms. The highest BCUT2D eigenvalue weighted by Crippen LogP contribution is 2.31. The first kappa shape index (κ1) is 22.8. The summed E-state index contributed by atoms with van der Waals surface area (Å²) < 4.78 is 5.15. The first-order valence-corrected chi connectivity index (χ1v) is 10.8. The molecule has 1 heterocycles. The molecule has 3 aromatic carbocycles. The Labute approximate surface area is 197 Å². The van der Waals surface area contributed by atoms with E-state index in [2.05, 4.69) is 10.6 Å². The predicted molar refractivity (Wildman–Crippen MR) is 127 cm³/mol.